The fourth-order valence-electron chi connectivity index (χ4n) is 4.51. The highest BCUT2D eigenvalue weighted by atomic mass is 16.7. The molecule has 0 amide bonds. The van der Waals surface area contributed by atoms with E-state index in [0.29, 0.717) is 17.8 Å². The molecule has 16 heavy (non-hydrogen) atoms. The maximum atomic E-state index is 6.12. The average molecular weight is 223 g/mol. The lowest BCUT2D eigenvalue weighted by atomic mass is 9.60. The van der Waals surface area contributed by atoms with E-state index in [0.717, 1.165) is 12.3 Å². The molecule has 4 atom stereocenters. The molecule has 0 aromatic heterocycles. The standard InChI is InChI=1S/C12H22BNO2/c1-11(2)8-4-5-9(11)12(3)10(6-8)15-13(7-14)16-12/h8-10H,4-7,14H2,1-3H3/t8-,9-,10+,12-/m0/s1. The van der Waals surface area contributed by atoms with E-state index in [1.165, 1.54) is 12.8 Å². The van der Waals surface area contributed by atoms with Crippen LogP contribution in [0.1, 0.15) is 40.0 Å². The summed E-state index contributed by atoms with van der Waals surface area (Å²) in [5.74, 6) is 1.43. The molecule has 0 aromatic carbocycles. The minimum Gasteiger partial charge on any atom is -0.405 e. The van der Waals surface area contributed by atoms with Gasteiger partial charge in [0.25, 0.3) is 0 Å². The van der Waals surface area contributed by atoms with Crippen molar-refractivity contribution in [2.24, 2.45) is 23.0 Å². The molecule has 3 nitrogen and oxygen atoms in total. The quantitative estimate of drug-likeness (QED) is 0.686. The number of nitrogens with two attached hydrogens (primary N) is 1. The van der Waals surface area contributed by atoms with Crippen LogP contribution in [0.5, 0.6) is 0 Å². The maximum Gasteiger partial charge on any atom is 0.472 e. The predicted octanol–water partition coefficient (Wildman–Crippen LogP) is 1.60. The van der Waals surface area contributed by atoms with Crippen molar-refractivity contribution in [1.82, 2.24) is 0 Å². The SMILES string of the molecule is CC1(C)[C@H]2CC[C@@H]1[C@]1(C)OB(CN)O[C@@H]1C2. The number of rotatable bonds is 1. The van der Waals surface area contributed by atoms with Crippen LogP contribution in [-0.4, -0.2) is 25.3 Å². The van der Waals surface area contributed by atoms with Crippen molar-refractivity contribution in [3.63, 3.8) is 0 Å². The van der Waals surface area contributed by atoms with Gasteiger partial charge in [-0.05, 0) is 43.4 Å². The lowest BCUT2D eigenvalue weighted by molar-refractivity contribution is -0.0902. The normalized spacial score (nSPS) is 49.5. The molecule has 2 N–H and O–H groups in total. The molecule has 90 valence electrons. The molecule has 1 saturated heterocycles. The molecule has 2 saturated carbocycles. The Bertz CT molecular complexity index is 309. The summed E-state index contributed by atoms with van der Waals surface area (Å²) in [6, 6.07) is 0. The second kappa shape index (κ2) is 3.24. The van der Waals surface area contributed by atoms with Gasteiger partial charge in [0.15, 0.2) is 0 Å². The van der Waals surface area contributed by atoms with E-state index >= 15 is 0 Å². The summed E-state index contributed by atoms with van der Waals surface area (Å²) < 4.78 is 12.1. The van der Waals surface area contributed by atoms with Crippen LogP contribution in [-0.2, 0) is 9.31 Å². The first-order valence-corrected chi connectivity index (χ1v) is 6.52. The van der Waals surface area contributed by atoms with Crippen LogP contribution < -0.4 is 5.73 Å². The maximum absolute atomic E-state index is 6.12. The molecule has 3 fully saturated rings. The molecule has 0 radical (unpaired) electrons. The van der Waals surface area contributed by atoms with Gasteiger partial charge in [0.05, 0.1) is 11.7 Å². The van der Waals surface area contributed by atoms with E-state index in [1.807, 2.05) is 0 Å². The Kier molecular flexibility index (Phi) is 2.24. The van der Waals surface area contributed by atoms with Crippen LogP contribution in [0.15, 0.2) is 0 Å². The minimum absolute atomic E-state index is 0.0967. The first kappa shape index (κ1) is 11.1. The van der Waals surface area contributed by atoms with E-state index in [2.05, 4.69) is 20.8 Å². The van der Waals surface area contributed by atoms with Gasteiger partial charge < -0.3 is 15.0 Å². The van der Waals surface area contributed by atoms with E-state index in [-0.39, 0.29) is 18.8 Å². The Balaban J connectivity index is 1.93. The first-order valence-electron chi connectivity index (χ1n) is 6.52. The predicted molar refractivity (Wildman–Crippen MR) is 63.8 cm³/mol. The zero-order chi connectivity index (χ0) is 11.6. The summed E-state index contributed by atoms with van der Waals surface area (Å²) in [4.78, 5) is 0. The summed E-state index contributed by atoms with van der Waals surface area (Å²) in [6.45, 7) is 7.03. The molecular formula is C12H22BNO2. The molecule has 3 aliphatic rings. The van der Waals surface area contributed by atoms with Crippen molar-refractivity contribution < 1.29 is 9.31 Å². The highest BCUT2D eigenvalue weighted by molar-refractivity contribution is 6.45. The lowest BCUT2D eigenvalue weighted by Crippen LogP contribution is -2.54. The first-order chi connectivity index (χ1) is 7.48. The van der Waals surface area contributed by atoms with Gasteiger partial charge in [0.2, 0.25) is 0 Å². The zero-order valence-electron chi connectivity index (χ0n) is 10.5. The molecule has 3 rings (SSSR count). The monoisotopic (exact) mass is 223 g/mol. The molecule has 2 aliphatic carbocycles. The van der Waals surface area contributed by atoms with Crippen molar-refractivity contribution in [3.05, 3.63) is 0 Å². The van der Waals surface area contributed by atoms with Gasteiger partial charge in [0, 0.05) is 6.44 Å². The molecule has 2 bridgehead atoms. The molecule has 0 spiro atoms. The summed E-state index contributed by atoms with van der Waals surface area (Å²) in [5.41, 5.74) is 5.97. The van der Waals surface area contributed by atoms with Crippen molar-refractivity contribution in [2.75, 3.05) is 6.44 Å². The third-order valence-corrected chi connectivity index (χ3v) is 5.48. The van der Waals surface area contributed by atoms with Gasteiger partial charge in [-0.1, -0.05) is 13.8 Å². The molecule has 0 aromatic rings. The second-order valence-electron chi connectivity index (χ2n) is 6.48. The highest BCUT2D eigenvalue weighted by Crippen LogP contribution is 2.61. The van der Waals surface area contributed by atoms with Crippen molar-refractivity contribution >= 4 is 7.12 Å². The smallest absolute Gasteiger partial charge is 0.405 e. The molecule has 4 heteroatoms. The minimum atomic E-state index is -0.176. The number of hydrogen-bond acceptors (Lipinski definition) is 3. The average Bonchev–Trinajstić information content (AvgIpc) is 2.64. The Morgan fingerprint density at radius 2 is 2.06 bits per heavy atom. The Hall–Kier alpha value is -0.0551. The molecule has 1 aliphatic heterocycles. The lowest BCUT2D eigenvalue weighted by Gasteiger charge is -2.50. The van der Waals surface area contributed by atoms with Crippen molar-refractivity contribution in [1.29, 1.82) is 0 Å². The number of fused-ring (bicyclic) bond motifs is 4. The summed E-state index contributed by atoms with van der Waals surface area (Å²) >= 11 is 0. The van der Waals surface area contributed by atoms with Gasteiger partial charge in [-0.2, -0.15) is 0 Å². The van der Waals surface area contributed by atoms with Crippen molar-refractivity contribution in [3.8, 4) is 0 Å². The fourth-order valence-corrected chi connectivity index (χ4v) is 4.51. The molecular weight excluding hydrogens is 201 g/mol. The van der Waals surface area contributed by atoms with Crippen LogP contribution >= 0.6 is 0 Å². The summed E-state index contributed by atoms with van der Waals surface area (Å²) in [5, 5.41) is 0. The largest absolute Gasteiger partial charge is 0.472 e. The third kappa shape index (κ3) is 1.21. The fraction of sp³-hybridized carbons (Fsp3) is 1.00. The molecule has 1 heterocycles. The van der Waals surface area contributed by atoms with Gasteiger partial charge in [-0.25, -0.2) is 0 Å². The van der Waals surface area contributed by atoms with Crippen LogP contribution in [0.4, 0.5) is 0 Å². The van der Waals surface area contributed by atoms with E-state index < -0.39 is 0 Å². The Morgan fingerprint density at radius 1 is 1.31 bits per heavy atom. The zero-order valence-corrected chi connectivity index (χ0v) is 10.5. The van der Waals surface area contributed by atoms with Crippen LogP contribution in [0.3, 0.4) is 0 Å². The third-order valence-electron chi connectivity index (χ3n) is 5.48. The molecule has 0 unspecified atom stereocenters. The Morgan fingerprint density at radius 3 is 2.75 bits per heavy atom. The van der Waals surface area contributed by atoms with Gasteiger partial charge in [-0.3, -0.25) is 0 Å². The topological polar surface area (TPSA) is 44.5 Å². The van der Waals surface area contributed by atoms with E-state index in [4.69, 9.17) is 15.0 Å². The second-order valence-corrected chi connectivity index (χ2v) is 6.48. The highest BCUT2D eigenvalue weighted by Gasteiger charge is 2.64. The summed E-state index contributed by atoms with van der Waals surface area (Å²) in [6.07, 6.45) is 4.52. The van der Waals surface area contributed by atoms with E-state index in [9.17, 15) is 0 Å². The van der Waals surface area contributed by atoms with Gasteiger partial charge in [0.1, 0.15) is 0 Å². The van der Waals surface area contributed by atoms with Crippen LogP contribution in [0.25, 0.3) is 0 Å². The van der Waals surface area contributed by atoms with Crippen LogP contribution in [0, 0.1) is 17.3 Å². The van der Waals surface area contributed by atoms with Gasteiger partial charge in [-0.15, -0.1) is 0 Å². The summed E-state index contributed by atoms with van der Waals surface area (Å²) in [7, 11) is -0.176. The van der Waals surface area contributed by atoms with E-state index in [1.54, 1.807) is 0 Å². The number of hydrogen-bond donors (Lipinski definition) is 1. The van der Waals surface area contributed by atoms with Crippen molar-refractivity contribution in [2.45, 2.75) is 51.7 Å². The Labute approximate surface area is 98.2 Å². The van der Waals surface area contributed by atoms with Gasteiger partial charge >= 0.3 is 7.12 Å². The van der Waals surface area contributed by atoms with Crippen LogP contribution in [0.2, 0.25) is 0 Å².